The number of hydrogen-bond donors (Lipinski definition) is 1. The fraction of sp³-hybridized carbons (Fsp3) is 0.136. The van der Waals surface area contributed by atoms with E-state index in [0.29, 0.717) is 11.3 Å². The molecule has 4 rings (SSSR count). The number of hydrogen-bond acceptors (Lipinski definition) is 3. The number of rotatable bonds is 4. The molecule has 1 aliphatic heterocycles. The number of benzene rings is 3. The molecule has 0 aliphatic carbocycles. The largest absolute Gasteiger partial charge is 0.348 e. The van der Waals surface area contributed by atoms with Gasteiger partial charge in [0.25, 0.3) is 10.0 Å². The maximum Gasteiger partial charge on any atom is 0.265 e. The Hall–Kier alpha value is -3.12. The van der Waals surface area contributed by atoms with Crippen molar-refractivity contribution in [2.24, 2.45) is 0 Å². The van der Waals surface area contributed by atoms with Gasteiger partial charge in [-0.3, -0.25) is 9.10 Å². The molecule has 0 fully saturated rings. The van der Waals surface area contributed by atoms with Gasteiger partial charge in [-0.05, 0) is 24.6 Å². The van der Waals surface area contributed by atoms with Gasteiger partial charge in [0, 0.05) is 11.1 Å². The third-order valence-electron chi connectivity index (χ3n) is 4.88. The summed E-state index contributed by atoms with van der Waals surface area (Å²) in [5, 5.41) is 2.89. The van der Waals surface area contributed by atoms with E-state index in [2.05, 4.69) is 5.32 Å². The molecule has 6 heteroatoms. The second kappa shape index (κ2) is 7.13. The van der Waals surface area contributed by atoms with Crippen LogP contribution in [-0.4, -0.2) is 20.9 Å². The van der Waals surface area contributed by atoms with E-state index in [1.54, 1.807) is 30.3 Å². The summed E-state index contributed by atoms with van der Waals surface area (Å²) in [7, 11) is -3.82. The van der Waals surface area contributed by atoms with Crippen LogP contribution in [0.2, 0.25) is 0 Å². The molecule has 0 bridgehead atoms. The standard InChI is InChI=1S/C22H20N2O3S/c1-16(17-9-3-2-4-10-17)23-22(25)15-24-20-13-7-5-11-18(20)19-12-6-8-14-21(19)28(24,26)27/h2-14,16H,15H2,1H3,(H,23,25)/t16-/m1/s1. The van der Waals surface area contributed by atoms with E-state index in [9.17, 15) is 13.2 Å². The first-order valence-corrected chi connectivity index (χ1v) is 10.5. The Kier molecular flexibility index (Phi) is 4.65. The fourth-order valence-electron chi connectivity index (χ4n) is 3.49. The second-order valence-electron chi connectivity index (χ2n) is 6.72. The maximum atomic E-state index is 13.2. The Morgan fingerprint density at radius 3 is 2.25 bits per heavy atom. The van der Waals surface area contributed by atoms with Crippen LogP contribution in [0.25, 0.3) is 11.1 Å². The van der Waals surface area contributed by atoms with Gasteiger partial charge >= 0.3 is 0 Å². The molecule has 0 radical (unpaired) electrons. The summed E-state index contributed by atoms with van der Waals surface area (Å²) in [5.74, 6) is -0.353. The van der Waals surface area contributed by atoms with Crippen molar-refractivity contribution in [3.63, 3.8) is 0 Å². The van der Waals surface area contributed by atoms with Gasteiger partial charge in [-0.2, -0.15) is 0 Å². The van der Waals surface area contributed by atoms with Gasteiger partial charge < -0.3 is 5.32 Å². The van der Waals surface area contributed by atoms with E-state index in [0.717, 1.165) is 11.1 Å². The summed E-state index contributed by atoms with van der Waals surface area (Å²) in [6.45, 7) is 1.60. The first kappa shape index (κ1) is 18.3. The van der Waals surface area contributed by atoms with Crippen LogP contribution >= 0.6 is 0 Å². The molecular weight excluding hydrogens is 372 g/mol. The van der Waals surface area contributed by atoms with Gasteiger partial charge in [0.15, 0.2) is 0 Å². The van der Waals surface area contributed by atoms with Gasteiger partial charge in [-0.1, -0.05) is 66.7 Å². The molecule has 3 aromatic carbocycles. The van der Waals surface area contributed by atoms with Crippen molar-refractivity contribution in [2.45, 2.75) is 17.9 Å². The minimum Gasteiger partial charge on any atom is -0.348 e. The number of carbonyl (C=O) groups excluding carboxylic acids is 1. The normalized spacial score (nSPS) is 15.2. The Morgan fingerprint density at radius 2 is 1.50 bits per heavy atom. The first-order valence-electron chi connectivity index (χ1n) is 9.04. The zero-order valence-electron chi connectivity index (χ0n) is 15.4. The molecule has 3 aromatic rings. The molecule has 1 N–H and O–H groups in total. The highest BCUT2D eigenvalue weighted by atomic mass is 32.2. The molecule has 0 spiro atoms. The van der Waals surface area contributed by atoms with Crippen LogP contribution in [0.15, 0.2) is 83.8 Å². The fourth-order valence-corrected chi connectivity index (χ4v) is 5.14. The monoisotopic (exact) mass is 392 g/mol. The molecule has 0 unspecified atom stereocenters. The number of fused-ring (bicyclic) bond motifs is 3. The van der Waals surface area contributed by atoms with Crippen LogP contribution in [0.5, 0.6) is 0 Å². The Balaban J connectivity index is 1.65. The number of anilines is 1. The van der Waals surface area contributed by atoms with Crippen LogP contribution in [0, 0.1) is 0 Å². The minimum absolute atomic E-state index is 0.219. The number of sulfonamides is 1. The smallest absolute Gasteiger partial charge is 0.265 e. The summed E-state index contributed by atoms with van der Waals surface area (Å²) < 4.78 is 27.6. The van der Waals surface area contributed by atoms with E-state index < -0.39 is 10.0 Å². The van der Waals surface area contributed by atoms with Crippen molar-refractivity contribution in [2.75, 3.05) is 10.8 Å². The molecule has 0 saturated carbocycles. The number of amides is 1. The number of nitrogens with zero attached hydrogens (tertiary/aromatic N) is 1. The van der Waals surface area contributed by atoms with Gasteiger partial charge in [-0.25, -0.2) is 8.42 Å². The van der Waals surface area contributed by atoms with Gasteiger partial charge in [-0.15, -0.1) is 0 Å². The summed E-state index contributed by atoms with van der Waals surface area (Å²) in [6, 6.07) is 23.5. The van der Waals surface area contributed by atoms with Crippen LogP contribution < -0.4 is 9.62 Å². The molecule has 142 valence electrons. The Labute approximate surface area is 164 Å². The summed E-state index contributed by atoms with van der Waals surface area (Å²) >= 11 is 0. The Bertz CT molecular complexity index is 1130. The van der Waals surface area contributed by atoms with E-state index in [1.807, 2.05) is 55.5 Å². The molecule has 0 aromatic heterocycles. The quantitative estimate of drug-likeness (QED) is 0.736. The summed E-state index contributed by atoms with van der Waals surface area (Å²) in [6.07, 6.45) is 0. The van der Waals surface area contributed by atoms with Crippen LogP contribution in [0.3, 0.4) is 0 Å². The zero-order valence-corrected chi connectivity index (χ0v) is 16.2. The van der Waals surface area contributed by atoms with Gasteiger partial charge in [0.1, 0.15) is 6.54 Å². The van der Waals surface area contributed by atoms with Gasteiger partial charge in [0.05, 0.1) is 16.6 Å². The van der Waals surface area contributed by atoms with Crippen molar-refractivity contribution in [1.82, 2.24) is 5.32 Å². The van der Waals surface area contributed by atoms with Crippen molar-refractivity contribution in [3.8, 4) is 11.1 Å². The SMILES string of the molecule is C[C@@H](NC(=O)CN1c2ccccc2-c2ccccc2S1(=O)=O)c1ccccc1. The molecule has 0 saturated heterocycles. The predicted molar refractivity (Wildman–Crippen MR) is 109 cm³/mol. The lowest BCUT2D eigenvalue weighted by atomic mass is 10.0. The zero-order chi connectivity index (χ0) is 19.7. The topological polar surface area (TPSA) is 66.5 Å². The van der Waals surface area contributed by atoms with Crippen LogP contribution in [-0.2, 0) is 14.8 Å². The summed E-state index contributed by atoms with van der Waals surface area (Å²) in [5.41, 5.74) is 2.94. The van der Waals surface area contributed by atoms with E-state index in [1.165, 1.54) is 4.31 Å². The lowest BCUT2D eigenvalue weighted by Gasteiger charge is -2.31. The van der Waals surface area contributed by atoms with Crippen LogP contribution in [0.1, 0.15) is 18.5 Å². The van der Waals surface area contributed by atoms with E-state index in [4.69, 9.17) is 0 Å². The maximum absolute atomic E-state index is 13.2. The lowest BCUT2D eigenvalue weighted by Crippen LogP contribution is -2.43. The van der Waals surface area contributed by atoms with Crippen molar-refractivity contribution < 1.29 is 13.2 Å². The molecule has 1 heterocycles. The summed E-state index contributed by atoms with van der Waals surface area (Å²) in [4.78, 5) is 12.9. The number of nitrogens with one attached hydrogen (secondary N) is 1. The van der Waals surface area contributed by atoms with E-state index >= 15 is 0 Å². The molecule has 28 heavy (non-hydrogen) atoms. The average molecular weight is 392 g/mol. The highest BCUT2D eigenvalue weighted by Gasteiger charge is 2.35. The Morgan fingerprint density at radius 1 is 0.893 bits per heavy atom. The molecule has 1 amide bonds. The molecule has 5 nitrogen and oxygen atoms in total. The highest BCUT2D eigenvalue weighted by Crippen LogP contribution is 2.42. The predicted octanol–water partition coefficient (Wildman–Crippen LogP) is 3.74. The third-order valence-corrected chi connectivity index (χ3v) is 6.70. The van der Waals surface area contributed by atoms with Crippen molar-refractivity contribution in [1.29, 1.82) is 0 Å². The average Bonchev–Trinajstić information content (AvgIpc) is 2.72. The third kappa shape index (κ3) is 3.16. The highest BCUT2D eigenvalue weighted by molar-refractivity contribution is 7.93. The van der Waals surface area contributed by atoms with Crippen LogP contribution in [0.4, 0.5) is 5.69 Å². The lowest BCUT2D eigenvalue weighted by molar-refractivity contribution is -0.120. The van der Waals surface area contributed by atoms with Crippen molar-refractivity contribution >= 4 is 21.6 Å². The first-order chi connectivity index (χ1) is 13.5. The second-order valence-corrected chi connectivity index (χ2v) is 8.56. The van der Waals surface area contributed by atoms with E-state index in [-0.39, 0.29) is 23.4 Å². The molecule has 1 atom stereocenters. The minimum atomic E-state index is -3.82. The van der Waals surface area contributed by atoms with Crippen molar-refractivity contribution in [3.05, 3.63) is 84.4 Å². The molecular formula is C22H20N2O3S. The number of para-hydroxylation sites is 1. The van der Waals surface area contributed by atoms with Gasteiger partial charge in [0.2, 0.25) is 5.91 Å². The number of carbonyl (C=O) groups is 1. The molecule has 1 aliphatic rings.